The first-order valence-corrected chi connectivity index (χ1v) is 6.67. The molecule has 0 radical (unpaired) electrons. The molecule has 0 aromatic heterocycles. The maximum absolute atomic E-state index is 13.9. The number of benzene rings is 2. The van der Waals surface area contributed by atoms with Gasteiger partial charge in [0.05, 0.1) is 0 Å². The Kier molecular flexibility index (Phi) is 4.33. The summed E-state index contributed by atoms with van der Waals surface area (Å²) in [4.78, 5) is 0. The first kappa shape index (κ1) is 13.8. The van der Waals surface area contributed by atoms with E-state index in [4.69, 9.17) is 5.73 Å². The van der Waals surface area contributed by atoms with Crippen molar-refractivity contribution in [1.29, 1.82) is 0 Å². The fraction of sp³-hybridized carbons (Fsp3) is 0.294. The van der Waals surface area contributed by atoms with Crippen molar-refractivity contribution in [2.45, 2.75) is 25.7 Å². The summed E-state index contributed by atoms with van der Waals surface area (Å²) in [6.07, 6.45) is 0. The SMILES string of the molecule is CC(C)c1ccc(C(CN)c2ccccc2F)cc1. The minimum Gasteiger partial charge on any atom is -0.330 e. The van der Waals surface area contributed by atoms with Crippen molar-refractivity contribution >= 4 is 0 Å². The highest BCUT2D eigenvalue weighted by Gasteiger charge is 2.16. The first-order chi connectivity index (χ1) is 9.13. The van der Waals surface area contributed by atoms with E-state index in [1.807, 2.05) is 12.1 Å². The number of halogens is 1. The monoisotopic (exact) mass is 257 g/mol. The van der Waals surface area contributed by atoms with Crippen LogP contribution in [0.15, 0.2) is 48.5 Å². The zero-order valence-electron chi connectivity index (χ0n) is 11.4. The van der Waals surface area contributed by atoms with Crippen molar-refractivity contribution in [1.82, 2.24) is 0 Å². The minimum absolute atomic E-state index is 0.0811. The van der Waals surface area contributed by atoms with E-state index in [1.165, 1.54) is 11.6 Å². The van der Waals surface area contributed by atoms with Gasteiger partial charge in [0, 0.05) is 12.5 Å². The van der Waals surface area contributed by atoms with Crippen LogP contribution in [0, 0.1) is 5.82 Å². The molecular weight excluding hydrogens is 237 g/mol. The summed E-state index contributed by atoms with van der Waals surface area (Å²) in [7, 11) is 0. The van der Waals surface area contributed by atoms with Crippen LogP contribution in [-0.4, -0.2) is 6.54 Å². The zero-order valence-corrected chi connectivity index (χ0v) is 11.4. The Hall–Kier alpha value is -1.67. The molecule has 0 aliphatic heterocycles. The number of hydrogen-bond acceptors (Lipinski definition) is 1. The van der Waals surface area contributed by atoms with Gasteiger partial charge in [-0.1, -0.05) is 56.3 Å². The fourth-order valence-corrected chi connectivity index (χ4v) is 2.31. The van der Waals surface area contributed by atoms with Crippen molar-refractivity contribution < 1.29 is 4.39 Å². The second kappa shape index (κ2) is 5.98. The summed E-state index contributed by atoms with van der Waals surface area (Å²) in [6.45, 7) is 4.72. The summed E-state index contributed by atoms with van der Waals surface area (Å²) < 4.78 is 13.9. The Morgan fingerprint density at radius 1 is 0.947 bits per heavy atom. The van der Waals surface area contributed by atoms with Crippen LogP contribution in [0.1, 0.15) is 42.4 Å². The molecule has 0 bridgehead atoms. The van der Waals surface area contributed by atoms with Gasteiger partial charge in [0.2, 0.25) is 0 Å². The molecule has 1 atom stereocenters. The molecule has 100 valence electrons. The van der Waals surface area contributed by atoms with Gasteiger partial charge >= 0.3 is 0 Å². The molecule has 0 spiro atoms. The van der Waals surface area contributed by atoms with E-state index >= 15 is 0 Å². The molecule has 0 amide bonds. The minimum atomic E-state index is -0.189. The lowest BCUT2D eigenvalue weighted by molar-refractivity contribution is 0.597. The van der Waals surface area contributed by atoms with Crippen LogP contribution in [0.5, 0.6) is 0 Å². The average molecular weight is 257 g/mol. The van der Waals surface area contributed by atoms with Crippen LogP contribution in [0.3, 0.4) is 0 Å². The quantitative estimate of drug-likeness (QED) is 0.879. The maximum Gasteiger partial charge on any atom is 0.127 e. The molecule has 2 N–H and O–H groups in total. The summed E-state index contributed by atoms with van der Waals surface area (Å²) >= 11 is 0. The molecule has 0 aliphatic carbocycles. The lowest BCUT2D eigenvalue weighted by atomic mass is 9.89. The second-order valence-electron chi connectivity index (χ2n) is 5.13. The van der Waals surface area contributed by atoms with Crippen LogP contribution in [0.4, 0.5) is 4.39 Å². The summed E-state index contributed by atoms with van der Waals surface area (Å²) in [5.41, 5.74) is 8.86. The Balaban J connectivity index is 2.35. The van der Waals surface area contributed by atoms with Crippen molar-refractivity contribution in [3.63, 3.8) is 0 Å². The molecule has 2 rings (SSSR count). The Bertz CT molecular complexity index is 531. The molecule has 2 heteroatoms. The Morgan fingerprint density at radius 2 is 1.53 bits per heavy atom. The molecule has 1 unspecified atom stereocenters. The fourth-order valence-electron chi connectivity index (χ4n) is 2.31. The highest BCUT2D eigenvalue weighted by Crippen LogP contribution is 2.27. The summed E-state index contributed by atoms with van der Waals surface area (Å²) in [6, 6.07) is 15.2. The highest BCUT2D eigenvalue weighted by molar-refractivity contribution is 5.35. The van der Waals surface area contributed by atoms with Crippen molar-refractivity contribution in [3.8, 4) is 0 Å². The van der Waals surface area contributed by atoms with Crippen LogP contribution < -0.4 is 5.73 Å². The predicted octanol–water partition coefficient (Wildman–Crippen LogP) is 4.04. The van der Waals surface area contributed by atoms with Crippen molar-refractivity contribution in [2.24, 2.45) is 5.73 Å². The highest BCUT2D eigenvalue weighted by atomic mass is 19.1. The maximum atomic E-state index is 13.9. The largest absolute Gasteiger partial charge is 0.330 e. The standard InChI is InChI=1S/C17H20FN/c1-12(2)13-7-9-14(10-8-13)16(11-19)15-5-3-4-6-17(15)18/h3-10,12,16H,11,19H2,1-2H3. The zero-order chi connectivity index (χ0) is 13.8. The van der Waals surface area contributed by atoms with Crippen LogP contribution >= 0.6 is 0 Å². The number of hydrogen-bond donors (Lipinski definition) is 1. The Morgan fingerprint density at radius 3 is 2.05 bits per heavy atom. The van der Waals surface area contributed by atoms with E-state index in [2.05, 4.69) is 38.1 Å². The van der Waals surface area contributed by atoms with E-state index in [1.54, 1.807) is 6.07 Å². The molecule has 0 heterocycles. The molecule has 19 heavy (non-hydrogen) atoms. The van der Waals surface area contributed by atoms with Crippen molar-refractivity contribution in [3.05, 3.63) is 71.0 Å². The van der Waals surface area contributed by atoms with E-state index in [0.717, 1.165) is 5.56 Å². The Labute approximate surface area is 114 Å². The van der Waals surface area contributed by atoms with Crippen molar-refractivity contribution in [2.75, 3.05) is 6.54 Å². The number of rotatable bonds is 4. The molecular formula is C17H20FN. The summed E-state index contributed by atoms with van der Waals surface area (Å²) in [5, 5.41) is 0. The molecule has 0 saturated heterocycles. The van der Waals surface area contributed by atoms with Crippen LogP contribution in [0.25, 0.3) is 0 Å². The van der Waals surface area contributed by atoms with E-state index in [9.17, 15) is 4.39 Å². The number of nitrogens with two attached hydrogens (primary N) is 1. The molecule has 2 aromatic carbocycles. The van der Waals surface area contributed by atoms with Gasteiger partial charge in [-0.2, -0.15) is 0 Å². The molecule has 0 saturated carbocycles. The lowest BCUT2D eigenvalue weighted by Gasteiger charge is -2.17. The van der Waals surface area contributed by atoms with Gasteiger partial charge in [0.15, 0.2) is 0 Å². The smallest absolute Gasteiger partial charge is 0.127 e. The molecule has 0 aliphatic rings. The third-order valence-electron chi connectivity index (χ3n) is 3.52. The van der Waals surface area contributed by atoms with Gasteiger partial charge < -0.3 is 5.73 Å². The van der Waals surface area contributed by atoms with Gasteiger partial charge in [-0.3, -0.25) is 0 Å². The van der Waals surface area contributed by atoms with Crippen LogP contribution in [0.2, 0.25) is 0 Å². The first-order valence-electron chi connectivity index (χ1n) is 6.67. The van der Waals surface area contributed by atoms with E-state index < -0.39 is 0 Å². The van der Waals surface area contributed by atoms with Gasteiger partial charge in [-0.05, 0) is 28.7 Å². The van der Waals surface area contributed by atoms with Crippen LogP contribution in [-0.2, 0) is 0 Å². The third kappa shape index (κ3) is 3.02. The van der Waals surface area contributed by atoms with E-state index in [0.29, 0.717) is 18.0 Å². The van der Waals surface area contributed by atoms with Gasteiger partial charge in [0.25, 0.3) is 0 Å². The topological polar surface area (TPSA) is 26.0 Å². The molecule has 0 fully saturated rings. The lowest BCUT2D eigenvalue weighted by Crippen LogP contribution is -2.15. The van der Waals surface area contributed by atoms with E-state index in [-0.39, 0.29) is 11.7 Å². The third-order valence-corrected chi connectivity index (χ3v) is 3.52. The average Bonchev–Trinajstić information content (AvgIpc) is 2.42. The second-order valence-corrected chi connectivity index (χ2v) is 5.13. The molecule has 2 aromatic rings. The van der Waals surface area contributed by atoms with Gasteiger partial charge in [0.1, 0.15) is 5.82 Å². The predicted molar refractivity (Wildman–Crippen MR) is 77.8 cm³/mol. The van der Waals surface area contributed by atoms with Gasteiger partial charge in [-0.15, -0.1) is 0 Å². The summed E-state index contributed by atoms with van der Waals surface area (Å²) in [5.74, 6) is 0.229. The molecule has 1 nitrogen and oxygen atoms in total. The van der Waals surface area contributed by atoms with Gasteiger partial charge in [-0.25, -0.2) is 4.39 Å². The normalized spacial score (nSPS) is 12.7.